The van der Waals surface area contributed by atoms with Crippen molar-refractivity contribution in [1.29, 1.82) is 0 Å². The van der Waals surface area contributed by atoms with Crippen LogP contribution in [0, 0.1) is 0 Å². The van der Waals surface area contributed by atoms with Crippen LogP contribution in [0.2, 0.25) is 0 Å². The van der Waals surface area contributed by atoms with Crippen molar-refractivity contribution >= 4 is 23.0 Å². The number of H-pyrrole nitrogens is 1. The summed E-state index contributed by atoms with van der Waals surface area (Å²) in [6, 6.07) is 0. The van der Waals surface area contributed by atoms with E-state index in [0.717, 1.165) is 5.52 Å². The van der Waals surface area contributed by atoms with Gasteiger partial charge in [0.05, 0.1) is 26.5 Å². The van der Waals surface area contributed by atoms with Gasteiger partial charge in [-0.1, -0.05) is 0 Å². The first-order chi connectivity index (χ1) is 9.76. The van der Waals surface area contributed by atoms with Gasteiger partial charge in [0.15, 0.2) is 11.5 Å². The lowest BCUT2D eigenvalue weighted by Crippen LogP contribution is -2.31. The summed E-state index contributed by atoms with van der Waals surface area (Å²) in [5.74, 6) is 0.441. The molecule has 0 aliphatic carbocycles. The highest BCUT2D eigenvalue weighted by Gasteiger charge is 2.15. The molecule has 0 saturated carbocycles. The molecule has 2 heterocycles. The van der Waals surface area contributed by atoms with Crippen molar-refractivity contribution < 1.29 is 14.3 Å². The van der Waals surface area contributed by atoms with Crippen molar-refractivity contribution in [2.75, 3.05) is 38.8 Å². The average Bonchev–Trinajstić information content (AvgIpc) is 2.95. The Kier molecular flexibility index (Phi) is 4.83. The summed E-state index contributed by atoms with van der Waals surface area (Å²) in [5, 5.41) is 0. The Morgan fingerprint density at radius 1 is 1.30 bits per heavy atom. The van der Waals surface area contributed by atoms with E-state index in [4.69, 9.17) is 4.74 Å². The number of hydrogen-bond acceptors (Lipinski definition) is 7. The van der Waals surface area contributed by atoms with Gasteiger partial charge in [0.2, 0.25) is 0 Å². The van der Waals surface area contributed by atoms with E-state index in [1.807, 2.05) is 4.90 Å². The third-order valence-corrected chi connectivity index (χ3v) is 2.88. The van der Waals surface area contributed by atoms with E-state index < -0.39 is 0 Å². The van der Waals surface area contributed by atoms with Crippen molar-refractivity contribution in [3.05, 3.63) is 12.7 Å². The van der Waals surface area contributed by atoms with Crippen LogP contribution in [0.15, 0.2) is 12.7 Å². The molecule has 0 amide bonds. The first-order valence-corrected chi connectivity index (χ1v) is 6.21. The number of carbonyl (C=O) groups is 1. The van der Waals surface area contributed by atoms with Crippen LogP contribution >= 0.6 is 0 Å². The topological polar surface area (TPSA) is 93.2 Å². The third-order valence-electron chi connectivity index (χ3n) is 2.88. The minimum atomic E-state index is -0.262. The highest BCUT2D eigenvalue weighted by molar-refractivity contribution is 5.83. The standard InChI is InChI=1S/C12H17N5O3/c1-19-6-5-17(4-3-9(18)20-2)12-10-11(14-7-13-10)15-8-16-12/h7-8H,3-6H2,1-2H3,(H,13,14,15,16). The third kappa shape index (κ3) is 3.21. The Morgan fingerprint density at radius 3 is 2.90 bits per heavy atom. The number of hydrogen-bond donors (Lipinski definition) is 1. The first kappa shape index (κ1) is 14.2. The number of aromatic nitrogens is 4. The van der Waals surface area contributed by atoms with E-state index in [0.29, 0.717) is 31.2 Å². The summed E-state index contributed by atoms with van der Waals surface area (Å²) >= 11 is 0. The lowest BCUT2D eigenvalue weighted by atomic mass is 10.3. The Labute approximate surface area is 116 Å². The van der Waals surface area contributed by atoms with Crippen molar-refractivity contribution in [3.8, 4) is 0 Å². The fourth-order valence-corrected chi connectivity index (χ4v) is 1.85. The second kappa shape index (κ2) is 6.80. The van der Waals surface area contributed by atoms with E-state index in [-0.39, 0.29) is 12.4 Å². The molecule has 1 N–H and O–H groups in total. The maximum absolute atomic E-state index is 11.3. The second-order valence-electron chi connectivity index (χ2n) is 4.10. The number of carbonyl (C=O) groups excluding carboxylic acids is 1. The molecular weight excluding hydrogens is 262 g/mol. The zero-order chi connectivity index (χ0) is 14.4. The fourth-order valence-electron chi connectivity index (χ4n) is 1.85. The van der Waals surface area contributed by atoms with E-state index in [1.165, 1.54) is 13.4 Å². The van der Waals surface area contributed by atoms with Crippen molar-refractivity contribution in [1.82, 2.24) is 19.9 Å². The van der Waals surface area contributed by atoms with Crippen LogP contribution in [0.4, 0.5) is 5.82 Å². The molecule has 0 aliphatic heterocycles. The minimum absolute atomic E-state index is 0.262. The lowest BCUT2D eigenvalue weighted by molar-refractivity contribution is -0.140. The van der Waals surface area contributed by atoms with Gasteiger partial charge < -0.3 is 19.4 Å². The van der Waals surface area contributed by atoms with Crippen LogP contribution < -0.4 is 4.90 Å². The monoisotopic (exact) mass is 279 g/mol. The molecule has 8 heteroatoms. The van der Waals surface area contributed by atoms with Crippen LogP contribution in [0.1, 0.15) is 6.42 Å². The van der Waals surface area contributed by atoms with Gasteiger partial charge in [-0.3, -0.25) is 4.79 Å². The van der Waals surface area contributed by atoms with Crippen LogP contribution in [0.5, 0.6) is 0 Å². The number of anilines is 1. The summed E-state index contributed by atoms with van der Waals surface area (Å²) in [4.78, 5) is 28.7. The molecule has 0 saturated heterocycles. The zero-order valence-corrected chi connectivity index (χ0v) is 11.5. The number of nitrogens with one attached hydrogen (secondary N) is 1. The molecule has 0 spiro atoms. The molecule has 108 valence electrons. The summed E-state index contributed by atoms with van der Waals surface area (Å²) < 4.78 is 9.76. The molecule has 0 atom stereocenters. The van der Waals surface area contributed by atoms with E-state index in [9.17, 15) is 4.79 Å². The van der Waals surface area contributed by atoms with Crippen molar-refractivity contribution in [2.45, 2.75) is 6.42 Å². The number of nitrogens with zero attached hydrogens (tertiary/aromatic N) is 4. The zero-order valence-electron chi connectivity index (χ0n) is 11.5. The Morgan fingerprint density at radius 2 is 2.15 bits per heavy atom. The largest absolute Gasteiger partial charge is 0.469 e. The summed E-state index contributed by atoms with van der Waals surface area (Å²) in [5.41, 5.74) is 1.34. The molecule has 0 aromatic carbocycles. The molecule has 0 bridgehead atoms. The average molecular weight is 279 g/mol. The Balaban J connectivity index is 2.20. The van der Waals surface area contributed by atoms with Crippen LogP contribution in [-0.4, -0.2) is 59.8 Å². The maximum atomic E-state index is 11.3. The molecule has 0 unspecified atom stereocenters. The fraction of sp³-hybridized carbons (Fsp3) is 0.500. The number of methoxy groups -OCH3 is 2. The van der Waals surface area contributed by atoms with Crippen molar-refractivity contribution in [2.24, 2.45) is 0 Å². The normalized spacial score (nSPS) is 10.7. The molecular formula is C12H17N5O3. The smallest absolute Gasteiger partial charge is 0.307 e. The number of aromatic amines is 1. The van der Waals surface area contributed by atoms with Gasteiger partial charge in [-0.25, -0.2) is 15.0 Å². The SMILES string of the molecule is COCCN(CCC(=O)OC)c1ncnc2nc[nH]c12. The second-order valence-corrected chi connectivity index (χ2v) is 4.10. The predicted molar refractivity (Wildman–Crippen MR) is 72.4 cm³/mol. The van der Waals surface area contributed by atoms with Gasteiger partial charge in [0.25, 0.3) is 0 Å². The number of esters is 1. The van der Waals surface area contributed by atoms with E-state index >= 15 is 0 Å². The number of rotatable bonds is 7. The lowest BCUT2D eigenvalue weighted by Gasteiger charge is -2.22. The first-order valence-electron chi connectivity index (χ1n) is 6.21. The Hall–Kier alpha value is -2.22. The van der Waals surface area contributed by atoms with Crippen LogP contribution in [-0.2, 0) is 14.3 Å². The predicted octanol–water partition coefficient (Wildman–Crippen LogP) is 0.369. The molecule has 20 heavy (non-hydrogen) atoms. The Bertz CT molecular complexity index is 571. The number of imidazole rings is 1. The highest BCUT2D eigenvalue weighted by atomic mass is 16.5. The quantitative estimate of drug-likeness (QED) is 0.732. The van der Waals surface area contributed by atoms with Gasteiger partial charge in [-0.15, -0.1) is 0 Å². The van der Waals surface area contributed by atoms with Gasteiger partial charge in [-0.2, -0.15) is 0 Å². The molecule has 2 aromatic rings. The number of ether oxygens (including phenoxy) is 2. The van der Waals surface area contributed by atoms with Gasteiger partial charge >= 0.3 is 5.97 Å². The molecule has 8 nitrogen and oxygen atoms in total. The van der Waals surface area contributed by atoms with Gasteiger partial charge in [0.1, 0.15) is 11.8 Å². The van der Waals surface area contributed by atoms with Gasteiger partial charge in [0, 0.05) is 20.2 Å². The van der Waals surface area contributed by atoms with Crippen LogP contribution in [0.3, 0.4) is 0 Å². The van der Waals surface area contributed by atoms with Gasteiger partial charge in [-0.05, 0) is 0 Å². The van der Waals surface area contributed by atoms with E-state index in [1.54, 1.807) is 13.4 Å². The minimum Gasteiger partial charge on any atom is -0.469 e. The summed E-state index contributed by atoms with van der Waals surface area (Å²) in [7, 11) is 3.00. The molecule has 2 aromatic heterocycles. The van der Waals surface area contributed by atoms with Crippen molar-refractivity contribution in [3.63, 3.8) is 0 Å². The highest BCUT2D eigenvalue weighted by Crippen LogP contribution is 2.19. The summed E-state index contributed by atoms with van der Waals surface area (Å²) in [6.07, 6.45) is 3.30. The molecule has 0 radical (unpaired) electrons. The molecule has 0 fully saturated rings. The number of fused-ring (bicyclic) bond motifs is 1. The van der Waals surface area contributed by atoms with Crippen LogP contribution in [0.25, 0.3) is 11.2 Å². The summed E-state index contributed by atoms with van der Waals surface area (Å²) in [6.45, 7) is 1.63. The molecule has 0 aliphatic rings. The van der Waals surface area contributed by atoms with E-state index in [2.05, 4.69) is 24.7 Å². The maximum Gasteiger partial charge on any atom is 0.307 e. The molecule has 2 rings (SSSR count).